The minimum Gasteiger partial charge on any atom is -0.305 e. The number of nitrogens with one attached hydrogen (secondary N) is 1. The normalized spacial score (nSPS) is 10.3. The number of carbonyl (C=O) groups excluding carboxylic acids is 1. The van der Waals surface area contributed by atoms with Crippen LogP contribution in [0.3, 0.4) is 0 Å². The summed E-state index contributed by atoms with van der Waals surface area (Å²) in [6.07, 6.45) is 4.62. The van der Waals surface area contributed by atoms with Crippen LogP contribution in [0.4, 0.5) is 5.82 Å². The molecule has 0 aliphatic rings. The summed E-state index contributed by atoms with van der Waals surface area (Å²) in [5.74, 6) is 0.184. The Morgan fingerprint density at radius 2 is 2.26 bits per heavy atom. The van der Waals surface area contributed by atoms with Gasteiger partial charge in [0.25, 0.3) is 5.91 Å². The number of anilines is 1. The van der Waals surface area contributed by atoms with E-state index in [1.54, 1.807) is 40.2 Å². The highest BCUT2D eigenvalue weighted by Gasteiger charge is 2.08. The molecule has 19 heavy (non-hydrogen) atoms. The molecule has 0 spiro atoms. The van der Waals surface area contributed by atoms with E-state index in [4.69, 9.17) is 0 Å². The van der Waals surface area contributed by atoms with Gasteiger partial charge in [-0.3, -0.25) is 4.79 Å². The van der Waals surface area contributed by atoms with Crippen LogP contribution in [0, 0.1) is 0 Å². The minimum absolute atomic E-state index is 0.276. The van der Waals surface area contributed by atoms with Crippen molar-refractivity contribution >= 4 is 23.1 Å². The summed E-state index contributed by atoms with van der Waals surface area (Å²) in [7, 11) is 0. The lowest BCUT2D eigenvalue weighted by atomic mass is 10.4. The van der Waals surface area contributed by atoms with Gasteiger partial charge in [0.2, 0.25) is 0 Å². The summed E-state index contributed by atoms with van der Waals surface area (Å²) >= 11 is 1.37. The predicted octanol–water partition coefficient (Wildman–Crippen LogP) is 1.37. The van der Waals surface area contributed by atoms with Crippen molar-refractivity contribution in [3.05, 3.63) is 47.6 Å². The molecule has 0 saturated heterocycles. The first-order chi connectivity index (χ1) is 9.33. The third-order valence-electron chi connectivity index (χ3n) is 2.34. The topological polar surface area (TPSA) is 85.6 Å². The van der Waals surface area contributed by atoms with Gasteiger partial charge in [-0.05, 0) is 12.1 Å². The lowest BCUT2D eigenvalue weighted by Crippen LogP contribution is -2.13. The Bertz CT molecular complexity index is 662. The average molecular weight is 272 g/mol. The van der Waals surface area contributed by atoms with Crippen molar-refractivity contribution in [1.82, 2.24) is 24.7 Å². The molecule has 3 heterocycles. The van der Waals surface area contributed by atoms with Gasteiger partial charge in [0.1, 0.15) is 24.2 Å². The van der Waals surface area contributed by atoms with Gasteiger partial charge in [-0.15, -0.1) is 11.3 Å². The number of pyridine rings is 1. The number of rotatable bonds is 3. The van der Waals surface area contributed by atoms with Gasteiger partial charge in [0.15, 0.2) is 0 Å². The molecule has 7 nitrogen and oxygen atoms in total. The number of hydrogen-bond donors (Lipinski definition) is 1. The fourth-order valence-corrected chi connectivity index (χ4v) is 1.97. The lowest BCUT2D eigenvalue weighted by molar-refractivity contribution is 0.102. The Balaban J connectivity index is 1.75. The summed E-state index contributed by atoms with van der Waals surface area (Å²) in [6, 6.07) is 3.49. The van der Waals surface area contributed by atoms with E-state index < -0.39 is 0 Å². The Morgan fingerprint density at radius 1 is 1.32 bits per heavy atom. The van der Waals surface area contributed by atoms with Crippen LogP contribution < -0.4 is 5.32 Å². The second kappa shape index (κ2) is 4.94. The largest absolute Gasteiger partial charge is 0.305 e. The van der Waals surface area contributed by atoms with E-state index in [0.717, 1.165) is 5.69 Å². The Kier molecular flexibility index (Phi) is 2.99. The van der Waals surface area contributed by atoms with E-state index in [9.17, 15) is 4.79 Å². The second-order valence-corrected chi connectivity index (χ2v) is 4.29. The molecule has 94 valence electrons. The molecule has 3 aromatic rings. The number of hydrogen-bond acceptors (Lipinski definition) is 6. The standard InChI is InChI=1S/C11H8N6OS/c18-11(9-4-19-7-14-9)16-10-2-1-8(3-13-10)17-6-12-5-15-17/h1-7H,(H,13,16,18). The molecule has 8 heteroatoms. The molecular weight excluding hydrogens is 264 g/mol. The highest BCUT2D eigenvalue weighted by Crippen LogP contribution is 2.10. The van der Waals surface area contributed by atoms with E-state index in [1.165, 1.54) is 17.7 Å². The molecule has 1 amide bonds. The summed E-state index contributed by atoms with van der Waals surface area (Å²) < 4.78 is 1.58. The van der Waals surface area contributed by atoms with Crippen molar-refractivity contribution in [2.75, 3.05) is 5.32 Å². The predicted molar refractivity (Wildman–Crippen MR) is 69.2 cm³/mol. The van der Waals surface area contributed by atoms with Crippen molar-refractivity contribution in [3.63, 3.8) is 0 Å². The average Bonchev–Trinajstić information content (AvgIpc) is 3.13. The summed E-state index contributed by atoms with van der Waals surface area (Å²) in [5, 5.41) is 8.33. The van der Waals surface area contributed by atoms with Gasteiger partial charge < -0.3 is 5.32 Å². The van der Waals surface area contributed by atoms with Crippen LogP contribution in [0.1, 0.15) is 10.5 Å². The third kappa shape index (κ3) is 2.47. The maximum Gasteiger partial charge on any atom is 0.276 e. The van der Waals surface area contributed by atoms with E-state index in [-0.39, 0.29) is 5.91 Å². The van der Waals surface area contributed by atoms with Crippen LogP contribution in [-0.2, 0) is 0 Å². The maximum atomic E-state index is 11.8. The fourth-order valence-electron chi connectivity index (χ4n) is 1.44. The van der Waals surface area contributed by atoms with Gasteiger partial charge in [-0.1, -0.05) is 0 Å². The molecule has 3 aromatic heterocycles. The van der Waals surface area contributed by atoms with Gasteiger partial charge in [-0.25, -0.2) is 19.6 Å². The van der Waals surface area contributed by atoms with Gasteiger partial charge in [0, 0.05) is 5.38 Å². The second-order valence-electron chi connectivity index (χ2n) is 3.57. The molecule has 0 atom stereocenters. The van der Waals surface area contributed by atoms with Crippen LogP contribution in [0.2, 0.25) is 0 Å². The molecule has 0 aliphatic heterocycles. The number of amides is 1. The highest BCUT2D eigenvalue weighted by atomic mass is 32.1. The first kappa shape index (κ1) is 11.5. The van der Waals surface area contributed by atoms with Crippen LogP contribution in [0.5, 0.6) is 0 Å². The lowest BCUT2D eigenvalue weighted by Gasteiger charge is -2.03. The Hall–Kier alpha value is -2.61. The monoisotopic (exact) mass is 272 g/mol. The highest BCUT2D eigenvalue weighted by molar-refractivity contribution is 7.07. The molecule has 0 unspecified atom stereocenters. The van der Waals surface area contributed by atoms with E-state index in [0.29, 0.717) is 11.5 Å². The van der Waals surface area contributed by atoms with Gasteiger partial charge in [-0.2, -0.15) is 5.10 Å². The summed E-state index contributed by atoms with van der Waals surface area (Å²) in [5.41, 5.74) is 2.76. The van der Waals surface area contributed by atoms with Gasteiger partial charge >= 0.3 is 0 Å². The number of carbonyl (C=O) groups is 1. The van der Waals surface area contributed by atoms with Crippen LogP contribution in [0.25, 0.3) is 5.69 Å². The van der Waals surface area contributed by atoms with Crippen LogP contribution in [-0.4, -0.2) is 30.6 Å². The number of aromatic nitrogens is 5. The van der Waals surface area contributed by atoms with Crippen molar-refractivity contribution in [2.24, 2.45) is 0 Å². The fraction of sp³-hybridized carbons (Fsp3) is 0. The Morgan fingerprint density at radius 3 is 2.89 bits per heavy atom. The van der Waals surface area contributed by atoms with E-state index >= 15 is 0 Å². The quantitative estimate of drug-likeness (QED) is 0.778. The van der Waals surface area contributed by atoms with E-state index in [1.807, 2.05) is 0 Å². The van der Waals surface area contributed by atoms with Gasteiger partial charge in [0.05, 0.1) is 17.4 Å². The zero-order valence-electron chi connectivity index (χ0n) is 9.59. The SMILES string of the molecule is O=C(Nc1ccc(-n2cncn2)cn1)c1cscn1. The van der Waals surface area contributed by atoms with Crippen LogP contribution in [0.15, 0.2) is 41.9 Å². The Labute approximate surface area is 112 Å². The first-order valence-electron chi connectivity index (χ1n) is 5.33. The third-order valence-corrected chi connectivity index (χ3v) is 2.92. The zero-order valence-corrected chi connectivity index (χ0v) is 10.4. The molecule has 0 saturated carbocycles. The van der Waals surface area contributed by atoms with E-state index in [2.05, 4.69) is 25.4 Å². The molecular formula is C11H8N6OS. The zero-order chi connectivity index (χ0) is 13.1. The number of nitrogens with zero attached hydrogens (tertiary/aromatic N) is 5. The number of thiazole rings is 1. The molecule has 0 radical (unpaired) electrons. The molecule has 0 aromatic carbocycles. The molecule has 0 bridgehead atoms. The van der Waals surface area contributed by atoms with Crippen LogP contribution >= 0.6 is 11.3 Å². The molecule has 0 aliphatic carbocycles. The van der Waals surface area contributed by atoms with Crippen molar-refractivity contribution < 1.29 is 4.79 Å². The van der Waals surface area contributed by atoms with Crippen molar-refractivity contribution in [3.8, 4) is 5.69 Å². The molecule has 0 fully saturated rings. The minimum atomic E-state index is -0.276. The molecule has 1 N–H and O–H groups in total. The summed E-state index contributed by atoms with van der Waals surface area (Å²) in [4.78, 5) is 23.7. The molecule has 3 rings (SSSR count). The van der Waals surface area contributed by atoms with Crippen molar-refractivity contribution in [1.29, 1.82) is 0 Å². The summed E-state index contributed by atoms with van der Waals surface area (Å²) in [6.45, 7) is 0. The first-order valence-corrected chi connectivity index (χ1v) is 6.28. The van der Waals surface area contributed by atoms with Crippen molar-refractivity contribution in [2.45, 2.75) is 0 Å². The smallest absolute Gasteiger partial charge is 0.276 e. The maximum absolute atomic E-state index is 11.8.